The maximum Gasteiger partial charge on any atom is 0.241 e. The van der Waals surface area contributed by atoms with Crippen LogP contribution in [0.25, 0.3) is 0 Å². The van der Waals surface area contributed by atoms with Crippen molar-refractivity contribution in [2.24, 2.45) is 5.92 Å². The maximum atomic E-state index is 12.5. The number of nitrogens with one attached hydrogen (secondary N) is 1. The van der Waals surface area contributed by atoms with Crippen molar-refractivity contribution in [2.75, 3.05) is 24.7 Å². The van der Waals surface area contributed by atoms with Crippen LogP contribution in [0.3, 0.4) is 0 Å². The van der Waals surface area contributed by atoms with Gasteiger partial charge in [-0.05, 0) is 57.5 Å². The number of anilines is 1. The van der Waals surface area contributed by atoms with Crippen LogP contribution >= 0.6 is 11.8 Å². The number of hydrogen-bond donors (Lipinski definition) is 2. The smallest absolute Gasteiger partial charge is 0.241 e. The Hall–Kier alpha value is -1.04. The minimum atomic E-state index is -0.310. The molecule has 22 heavy (non-hydrogen) atoms. The molecule has 0 aromatic heterocycles. The number of nitrogens with zero attached hydrogens (tertiary/aromatic N) is 1. The third kappa shape index (κ3) is 4.24. The molecule has 3 unspecified atom stereocenters. The monoisotopic (exact) mass is 322 g/mol. The van der Waals surface area contributed by atoms with Gasteiger partial charge < -0.3 is 10.4 Å². The third-order valence-corrected chi connectivity index (χ3v) is 5.26. The summed E-state index contributed by atoms with van der Waals surface area (Å²) in [6.07, 6.45) is 3.77. The van der Waals surface area contributed by atoms with Crippen LogP contribution in [0, 0.1) is 5.92 Å². The lowest BCUT2D eigenvalue weighted by Crippen LogP contribution is -2.48. The Morgan fingerprint density at radius 3 is 2.82 bits per heavy atom. The molecule has 1 aliphatic heterocycles. The molecule has 5 heteroatoms. The van der Waals surface area contributed by atoms with E-state index in [2.05, 4.69) is 10.2 Å². The minimum Gasteiger partial charge on any atom is -0.393 e. The normalized spacial score (nSPS) is 22.1. The van der Waals surface area contributed by atoms with Crippen LogP contribution < -0.4 is 5.32 Å². The summed E-state index contributed by atoms with van der Waals surface area (Å²) in [5.74, 6) is 0.287. The van der Waals surface area contributed by atoms with E-state index < -0.39 is 0 Å². The number of aliphatic hydroxyl groups excluding tert-OH is 1. The van der Waals surface area contributed by atoms with E-state index in [4.69, 9.17) is 0 Å². The van der Waals surface area contributed by atoms with Gasteiger partial charge in [-0.25, -0.2) is 0 Å². The van der Waals surface area contributed by atoms with Gasteiger partial charge in [-0.15, -0.1) is 11.8 Å². The first-order chi connectivity index (χ1) is 10.5. The molecule has 4 nitrogen and oxygen atoms in total. The number of aliphatic hydroxyl groups is 1. The largest absolute Gasteiger partial charge is 0.393 e. The second-order valence-corrected chi connectivity index (χ2v) is 6.85. The van der Waals surface area contributed by atoms with E-state index in [0.29, 0.717) is 0 Å². The molecule has 0 bridgehead atoms. The van der Waals surface area contributed by atoms with Gasteiger partial charge in [0.2, 0.25) is 5.91 Å². The Balaban J connectivity index is 1.99. The SMILES string of the molecule is CSc1ccccc1NC(=O)C(C)N1CCCC(C(C)O)C1. The quantitative estimate of drug-likeness (QED) is 0.819. The van der Waals surface area contributed by atoms with Crippen LogP contribution in [0.2, 0.25) is 0 Å². The summed E-state index contributed by atoms with van der Waals surface area (Å²) in [7, 11) is 0. The number of piperidine rings is 1. The van der Waals surface area contributed by atoms with Gasteiger partial charge in [0.1, 0.15) is 0 Å². The van der Waals surface area contributed by atoms with E-state index in [9.17, 15) is 9.90 Å². The van der Waals surface area contributed by atoms with Gasteiger partial charge in [0.05, 0.1) is 17.8 Å². The fraction of sp³-hybridized carbons (Fsp3) is 0.588. The average Bonchev–Trinajstić information content (AvgIpc) is 2.54. The van der Waals surface area contributed by atoms with Gasteiger partial charge in [0, 0.05) is 11.4 Å². The van der Waals surface area contributed by atoms with Gasteiger partial charge in [-0.2, -0.15) is 0 Å². The summed E-state index contributed by atoms with van der Waals surface area (Å²) < 4.78 is 0. The fourth-order valence-corrected chi connectivity index (χ4v) is 3.49. The van der Waals surface area contributed by atoms with Gasteiger partial charge in [-0.1, -0.05) is 12.1 Å². The van der Waals surface area contributed by atoms with Gasteiger partial charge in [0.25, 0.3) is 0 Å². The molecular formula is C17H26N2O2S. The first-order valence-corrected chi connectivity index (χ1v) is 9.11. The van der Waals surface area contributed by atoms with E-state index in [1.54, 1.807) is 11.8 Å². The molecule has 1 heterocycles. The van der Waals surface area contributed by atoms with E-state index >= 15 is 0 Å². The summed E-state index contributed by atoms with van der Waals surface area (Å²) in [6.45, 7) is 5.49. The predicted octanol–water partition coefficient (Wildman–Crippen LogP) is 2.83. The van der Waals surface area contributed by atoms with E-state index in [-0.39, 0.29) is 24.0 Å². The predicted molar refractivity (Wildman–Crippen MR) is 92.3 cm³/mol. The highest BCUT2D eigenvalue weighted by Crippen LogP contribution is 2.26. The molecule has 1 fully saturated rings. The number of carbonyl (C=O) groups excluding carboxylic acids is 1. The van der Waals surface area contributed by atoms with Crippen molar-refractivity contribution >= 4 is 23.4 Å². The van der Waals surface area contributed by atoms with E-state index in [0.717, 1.165) is 36.5 Å². The summed E-state index contributed by atoms with van der Waals surface area (Å²) in [6, 6.07) is 7.67. The number of benzene rings is 1. The van der Waals surface area contributed by atoms with Crippen molar-refractivity contribution in [3.05, 3.63) is 24.3 Å². The molecule has 1 aromatic carbocycles. The lowest BCUT2D eigenvalue weighted by atomic mass is 9.92. The molecule has 2 rings (SSSR count). The van der Waals surface area contributed by atoms with Crippen molar-refractivity contribution in [2.45, 2.75) is 43.7 Å². The second kappa shape index (κ2) is 7.99. The molecule has 122 valence electrons. The Labute approximate surface area is 137 Å². The van der Waals surface area contributed by atoms with Crippen molar-refractivity contribution in [1.29, 1.82) is 0 Å². The molecule has 2 N–H and O–H groups in total. The lowest BCUT2D eigenvalue weighted by molar-refractivity contribution is -0.121. The Morgan fingerprint density at radius 2 is 2.14 bits per heavy atom. The van der Waals surface area contributed by atoms with Gasteiger partial charge in [-0.3, -0.25) is 9.69 Å². The van der Waals surface area contributed by atoms with E-state index in [1.807, 2.05) is 44.4 Å². The Bertz CT molecular complexity index is 507. The van der Waals surface area contributed by atoms with Crippen LogP contribution in [-0.4, -0.2) is 47.4 Å². The number of likely N-dealkylation sites (tertiary alicyclic amines) is 1. The summed E-state index contributed by atoms with van der Waals surface area (Å²) in [4.78, 5) is 15.8. The Kier molecular flexibility index (Phi) is 6.29. The third-order valence-electron chi connectivity index (χ3n) is 4.46. The molecule has 0 spiro atoms. The number of hydrogen-bond acceptors (Lipinski definition) is 4. The molecule has 1 saturated heterocycles. The zero-order valence-electron chi connectivity index (χ0n) is 13.6. The zero-order valence-corrected chi connectivity index (χ0v) is 14.4. The second-order valence-electron chi connectivity index (χ2n) is 6.00. The first kappa shape index (κ1) is 17.3. The number of carbonyl (C=O) groups is 1. The van der Waals surface area contributed by atoms with Crippen LogP contribution in [0.5, 0.6) is 0 Å². The molecule has 3 atom stereocenters. The van der Waals surface area contributed by atoms with E-state index in [1.165, 1.54) is 0 Å². The Morgan fingerprint density at radius 1 is 1.41 bits per heavy atom. The summed E-state index contributed by atoms with van der Waals surface area (Å²) >= 11 is 1.63. The number of amides is 1. The number of para-hydroxylation sites is 1. The van der Waals surface area contributed by atoms with Crippen molar-refractivity contribution in [3.8, 4) is 0 Å². The summed E-state index contributed by atoms with van der Waals surface area (Å²) in [5, 5.41) is 12.8. The standard InChI is InChI=1S/C17H26N2O2S/c1-12(19-10-6-7-14(11-19)13(2)20)17(21)18-15-8-4-5-9-16(15)22-3/h4-5,8-9,12-14,20H,6-7,10-11H2,1-3H3,(H,18,21). The minimum absolute atomic E-state index is 0.0211. The highest BCUT2D eigenvalue weighted by Gasteiger charge is 2.29. The average molecular weight is 322 g/mol. The van der Waals surface area contributed by atoms with Gasteiger partial charge >= 0.3 is 0 Å². The van der Waals surface area contributed by atoms with Crippen molar-refractivity contribution < 1.29 is 9.90 Å². The molecular weight excluding hydrogens is 296 g/mol. The molecule has 0 aliphatic carbocycles. The molecule has 1 amide bonds. The fourth-order valence-electron chi connectivity index (χ4n) is 2.94. The molecule has 0 radical (unpaired) electrons. The molecule has 1 aliphatic rings. The van der Waals surface area contributed by atoms with Crippen LogP contribution in [0.15, 0.2) is 29.2 Å². The maximum absolute atomic E-state index is 12.5. The number of rotatable bonds is 5. The van der Waals surface area contributed by atoms with Crippen molar-refractivity contribution in [1.82, 2.24) is 4.90 Å². The number of thioether (sulfide) groups is 1. The summed E-state index contributed by atoms with van der Waals surface area (Å²) in [5.41, 5.74) is 0.871. The molecule has 0 saturated carbocycles. The first-order valence-electron chi connectivity index (χ1n) is 7.89. The molecule has 1 aromatic rings. The highest BCUT2D eigenvalue weighted by atomic mass is 32.2. The van der Waals surface area contributed by atoms with Crippen LogP contribution in [0.4, 0.5) is 5.69 Å². The van der Waals surface area contributed by atoms with Crippen LogP contribution in [0.1, 0.15) is 26.7 Å². The van der Waals surface area contributed by atoms with Gasteiger partial charge in [0.15, 0.2) is 0 Å². The van der Waals surface area contributed by atoms with Crippen molar-refractivity contribution in [3.63, 3.8) is 0 Å². The highest BCUT2D eigenvalue weighted by molar-refractivity contribution is 7.98. The van der Waals surface area contributed by atoms with Crippen LogP contribution in [-0.2, 0) is 4.79 Å². The lowest BCUT2D eigenvalue weighted by Gasteiger charge is -2.37. The topological polar surface area (TPSA) is 52.6 Å². The zero-order chi connectivity index (χ0) is 16.1.